The number of nitrogens with one attached hydrogen (secondary N) is 1. The van der Waals surface area contributed by atoms with E-state index >= 15 is 0 Å². The Morgan fingerprint density at radius 1 is 1.19 bits per heavy atom. The van der Waals surface area contributed by atoms with E-state index in [4.69, 9.17) is 0 Å². The number of carbonyl (C=O) groups excluding carboxylic acids is 1. The van der Waals surface area contributed by atoms with E-state index < -0.39 is 0 Å². The Bertz CT molecular complexity index is 1180. The third-order valence-corrected chi connectivity index (χ3v) is 5.10. The maximum absolute atomic E-state index is 12.5. The molecular weight excluding hydrogens is 348 g/mol. The van der Waals surface area contributed by atoms with Crippen LogP contribution in [-0.2, 0) is 17.8 Å². The second-order valence-electron chi connectivity index (χ2n) is 5.89. The lowest BCUT2D eigenvalue weighted by atomic mass is 10.2. The fourth-order valence-electron chi connectivity index (χ4n) is 2.82. The molecule has 0 saturated heterocycles. The van der Waals surface area contributed by atoms with E-state index in [2.05, 4.69) is 28.3 Å². The maximum Gasteiger partial charge on any atom is 0.269 e. The summed E-state index contributed by atoms with van der Waals surface area (Å²) in [5, 5.41) is 3.33. The number of fused-ring (bicyclic) bond motifs is 2. The van der Waals surface area contributed by atoms with Crippen LogP contribution in [0.4, 0.5) is 5.13 Å². The van der Waals surface area contributed by atoms with E-state index in [1.165, 1.54) is 27.7 Å². The molecule has 7 heteroatoms. The van der Waals surface area contributed by atoms with Crippen LogP contribution < -0.4 is 10.9 Å². The molecule has 4 aromatic rings. The minimum atomic E-state index is -0.310. The lowest BCUT2D eigenvalue weighted by Gasteiger charge is -2.08. The van der Waals surface area contributed by atoms with Crippen LogP contribution in [0.15, 0.2) is 53.5 Å². The third kappa shape index (κ3) is 3.09. The van der Waals surface area contributed by atoms with Crippen LogP contribution in [0.3, 0.4) is 0 Å². The summed E-state index contributed by atoms with van der Waals surface area (Å²) in [5.74, 6) is -0.293. The zero-order valence-corrected chi connectivity index (χ0v) is 14.9. The number of amides is 1. The molecule has 130 valence electrons. The van der Waals surface area contributed by atoms with Crippen molar-refractivity contribution < 1.29 is 4.79 Å². The van der Waals surface area contributed by atoms with Crippen molar-refractivity contribution in [2.45, 2.75) is 19.9 Å². The number of carbonyl (C=O) groups is 1. The summed E-state index contributed by atoms with van der Waals surface area (Å²) in [6.45, 7) is 2.01. The average Bonchev–Trinajstić information content (AvgIpc) is 3.05. The van der Waals surface area contributed by atoms with Gasteiger partial charge in [-0.15, -0.1) is 0 Å². The first-order valence-electron chi connectivity index (χ1n) is 8.28. The Kier molecular flexibility index (Phi) is 4.22. The van der Waals surface area contributed by atoms with Crippen molar-refractivity contribution in [1.82, 2.24) is 14.5 Å². The highest BCUT2D eigenvalue weighted by Crippen LogP contribution is 2.27. The molecule has 1 amide bonds. The standard InChI is InChI=1S/C19H16N4O2S/c1-2-12-7-8-14-16(9-12)26-19(21-14)22-17(24)11-23-15-6-4-3-5-13(15)20-10-18(23)25/h3-10H,2,11H2,1H3,(H,21,22,24). The van der Waals surface area contributed by atoms with E-state index in [1.807, 2.05) is 30.3 Å². The van der Waals surface area contributed by atoms with Crippen LogP contribution in [0, 0.1) is 0 Å². The van der Waals surface area contributed by atoms with E-state index in [9.17, 15) is 9.59 Å². The van der Waals surface area contributed by atoms with Gasteiger partial charge in [0.1, 0.15) is 6.54 Å². The molecule has 0 unspecified atom stereocenters. The molecule has 0 aliphatic carbocycles. The number of hydrogen-bond donors (Lipinski definition) is 1. The molecule has 2 aromatic heterocycles. The average molecular weight is 364 g/mol. The van der Waals surface area contributed by atoms with Gasteiger partial charge in [-0.2, -0.15) is 0 Å². The van der Waals surface area contributed by atoms with Crippen molar-refractivity contribution >= 4 is 43.6 Å². The summed E-state index contributed by atoms with van der Waals surface area (Å²) in [5.41, 5.74) is 3.08. The zero-order valence-electron chi connectivity index (χ0n) is 14.1. The summed E-state index contributed by atoms with van der Waals surface area (Å²) in [6.07, 6.45) is 2.19. The monoisotopic (exact) mass is 364 g/mol. The highest BCUT2D eigenvalue weighted by atomic mass is 32.1. The van der Waals surface area contributed by atoms with Crippen LogP contribution in [0.1, 0.15) is 12.5 Å². The van der Waals surface area contributed by atoms with Crippen molar-refractivity contribution in [2.75, 3.05) is 5.32 Å². The first-order valence-corrected chi connectivity index (χ1v) is 9.09. The summed E-state index contributed by atoms with van der Waals surface area (Å²) in [7, 11) is 0. The van der Waals surface area contributed by atoms with Crippen molar-refractivity contribution in [2.24, 2.45) is 0 Å². The molecular formula is C19H16N4O2S. The largest absolute Gasteiger partial charge is 0.300 e. The van der Waals surface area contributed by atoms with Crippen molar-refractivity contribution in [3.05, 3.63) is 64.6 Å². The highest BCUT2D eigenvalue weighted by Gasteiger charge is 2.11. The van der Waals surface area contributed by atoms with E-state index in [1.54, 1.807) is 6.07 Å². The van der Waals surface area contributed by atoms with Crippen molar-refractivity contribution in [3.8, 4) is 0 Å². The number of hydrogen-bond acceptors (Lipinski definition) is 5. The molecule has 0 saturated carbocycles. The molecule has 0 bridgehead atoms. The minimum Gasteiger partial charge on any atom is -0.300 e. The lowest BCUT2D eigenvalue weighted by molar-refractivity contribution is -0.116. The maximum atomic E-state index is 12.5. The first kappa shape index (κ1) is 16.4. The molecule has 0 aliphatic rings. The quantitative estimate of drug-likeness (QED) is 0.603. The Hall–Kier alpha value is -3.06. The predicted molar refractivity (Wildman–Crippen MR) is 104 cm³/mol. The van der Waals surface area contributed by atoms with Gasteiger partial charge in [-0.1, -0.05) is 36.5 Å². The number of para-hydroxylation sites is 2. The Balaban J connectivity index is 1.60. The number of benzene rings is 2. The molecule has 26 heavy (non-hydrogen) atoms. The van der Waals surface area contributed by atoms with Gasteiger partial charge >= 0.3 is 0 Å². The Labute approximate surface area is 153 Å². The second-order valence-corrected chi connectivity index (χ2v) is 6.92. The Morgan fingerprint density at radius 3 is 2.88 bits per heavy atom. The third-order valence-electron chi connectivity index (χ3n) is 4.16. The lowest BCUT2D eigenvalue weighted by Crippen LogP contribution is -2.27. The zero-order chi connectivity index (χ0) is 18.1. The number of aryl methyl sites for hydroxylation is 1. The fourth-order valence-corrected chi connectivity index (χ4v) is 3.77. The first-order chi connectivity index (χ1) is 12.6. The van der Waals surface area contributed by atoms with Crippen LogP contribution >= 0.6 is 11.3 Å². The Morgan fingerprint density at radius 2 is 2.04 bits per heavy atom. The summed E-state index contributed by atoms with van der Waals surface area (Å²) in [4.78, 5) is 33.1. The molecule has 0 spiro atoms. The van der Waals surface area contributed by atoms with Crippen molar-refractivity contribution in [1.29, 1.82) is 0 Å². The van der Waals surface area contributed by atoms with Gasteiger partial charge in [-0.05, 0) is 36.2 Å². The number of nitrogens with zero attached hydrogens (tertiary/aromatic N) is 3. The van der Waals surface area contributed by atoms with Gasteiger partial charge in [-0.3, -0.25) is 14.2 Å². The molecule has 0 aliphatic heterocycles. The molecule has 2 aromatic carbocycles. The van der Waals surface area contributed by atoms with Gasteiger partial charge in [0.05, 0.1) is 27.4 Å². The molecule has 2 heterocycles. The fraction of sp³-hybridized carbons (Fsp3) is 0.158. The highest BCUT2D eigenvalue weighted by molar-refractivity contribution is 7.22. The van der Waals surface area contributed by atoms with E-state index in [0.717, 1.165) is 16.6 Å². The van der Waals surface area contributed by atoms with E-state index in [0.29, 0.717) is 16.2 Å². The summed E-state index contributed by atoms with van der Waals surface area (Å²) in [6, 6.07) is 13.3. The molecule has 4 rings (SSSR count). The van der Waals surface area contributed by atoms with Gasteiger partial charge in [0.2, 0.25) is 5.91 Å². The SMILES string of the molecule is CCc1ccc2nc(NC(=O)Cn3c(=O)cnc4ccccc43)sc2c1. The number of rotatable bonds is 4. The van der Waals surface area contributed by atoms with Gasteiger partial charge < -0.3 is 5.32 Å². The van der Waals surface area contributed by atoms with Gasteiger partial charge in [0.15, 0.2) is 5.13 Å². The predicted octanol–water partition coefficient (Wildman–Crippen LogP) is 3.21. The second kappa shape index (κ2) is 6.68. The topological polar surface area (TPSA) is 76.9 Å². The summed E-state index contributed by atoms with van der Waals surface area (Å²) < 4.78 is 2.45. The van der Waals surface area contributed by atoms with E-state index in [-0.39, 0.29) is 18.0 Å². The van der Waals surface area contributed by atoms with Crippen molar-refractivity contribution in [3.63, 3.8) is 0 Å². The molecule has 1 N–H and O–H groups in total. The van der Waals surface area contributed by atoms with Gasteiger partial charge in [0.25, 0.3) is 5.56 Å². The van der Waals surface area contributed by atoms with Crippen LogP contribution in [0.5, 0.6) is 0 Å². The van der Waals surface area contributed by atoms with Gasteiger partial charge in [-0.25, -0.2) is 9.97 Å². The summed E-state index contributed by atoms with van der Waals surface area (Å²) >= 11 is 1.43. The molecule has 6 nitrogen and oxygen atoms in total. The van der Waals surface area contributed by atoms with Crippen LogP contribution in [0.25, 0.3) is 21.3 Å². The van der Waals surface area contributed by atoms with Gasteiger partial charge in [0, 0.05) is 0 Å². The number of aromatic nitrogens is 3. The number of thiazole rings is 1. The smallest absolute Gasteiger partial charge is 0.269 e. The van der Waals surface area contributed by atoms with Crippen LogP contribution in [0.2, 0.25) is 0 Å². The number of anilines is 1. The normalized spacial score (nSPS) is 11.1. The molecule has 0 fully saturated rings. The van der Waals surface area contributed by atoms with Crippen LogP contribution in [-0.4, -0.2) is 20.4 Å². The molecule has 0 atom stereocenters. The molecule has 0 radical (unpaired) electrons. The minimum absolute atomic E-state index is 0.0853.